The van der Waals surface area contributed by atoms with E-state index < -0.39 is 8.15 Å². The minimum Gasteiger partial charge on any atom is -0.355 e. The molecule has 2 saturated carbocycles. The quantitative estimate of drug-likeness (QED) is 0.522. The molecule has 1 heterocycles. The smallest absolute Gasteiger partial charge is 0.0679 e. The van der Waals surface area contributed by atoms with Crippen LogP contribution in [0.3, 0.4) is 0 Å². The molecule has 0 unspecified atom stereocenters. The van der Waals surface area contributed by atoms with Crippen molar-refractivity contribution >= 4 is 8.15 Å². The fourth-order valence-corrected chi connectivity index (χ4v) is 8.07. The van der Waals surface area contributed by atoms with Crippen LogP contribution in [0.2, 0.25) is 0 Å². The van der Waals surface area contributed by atoms with Crippen molar-refractivity contribution in [2.75, 3.05) is 0 Å². The third-order valence-electron chi connectivity index (χ3n) is 8.01. The Bertz CT molecular complexity index is 794. The molecule has 136 valence electrons. The standard InChI is InChI=1S/C24H29OP/c1-23(2)19-12-13-24(23,3)22(14-19)25-26-15-17-8-4-6-10-20(17)21-11-7-5-9-18(21)16-26/h4-11,19,22H,12-16H2,1-3H3/t19-,22+,24+/m0/s1. The summed E-state index contributed by atoms with van der Waals surface area (Å²) in [7, 11) is -0.468. The minimum absolute atomic E-state index is 0.353. The zero-order valence-electron chi connectivity index (χ0n) is 16.2. The number of benzene rings is 2. The van der Waals surface area contributed by atoms with Gasteiger partial charge < -0.3 is 4.52 Å². The second-order valence-corrected chi connectivity index (χ2v) is 11.1. The molecule has 3 aliphatic rings. The molecule has 0 amide bonds. The molecule has 0 N–H and O–H groups in total. The Kier molecular flexibility index (Phi) is 3.86. The van der Waals surface area contributed by atoms with Crippen LogP contribution in [0.1, 0.15) is 51.2 Å². The van der Waals surface area contributed by atoms with Gasteiger partial charge in [-0.15, -0.1) is 0 Å². The van der Waals surface area contributed by atoms with E-state index in [2.05, 4.69) is 69.3 Å². The Balaban J connectivity index is 1.47. The summed E-state index contributed by atoms with van der Waals surface area (Å²) in [6, 6.07) is 17.9. The fraction of sp³-hybridized carbons (Fsp3) is 0.500. The van der Waals surface area contributed by atoms with Crippen molar-refractivity contribution in [3.8, 4) is 11.1 Å². The Morgan fingerprint density at radius 1 is 0.885 bits per heavy atom. The zero-order valence-corrected chi connectivity index (χ0v) is 17.1. The highest BCUT2D eigenvalue weighted by Crippen LogP contribution is 2.68. The second kappa shape index (κ2) is 5.91. The molecule has 2 aromatic carbocycles. The first kappa shape index (κ1) is 17.0. The average Bonchev–Trinajstić information content (AvgIpc) is 2.89. The lowest BCUT2D eigenvalue weighted by Crippen LogP contribution is -2.36. The first-order chi connectivity index (χ1) is 12.5. The lowest BCUT2D eigenvalue weighted by molar-refractivity contribution is 0.0374. The maximum Gasteiger partial charge on any atom is 0.0679 e. The number of hydrogen-bond donors (Lipinski definition) is 0. The van der Waals surface area contributed by atoms with Crippen molar-refractivity contribution in [1.82, 2.24) is 0 Å². The van der Waals surface area contributed by atoms with Crippen LogP contribution in [-0.4, -0.2) is 6.10 Å². The van der Waals surface area contributed by atoms with Crippen LogP contribution in [0.15, 0.2) is 48.5 Å². The molecule has 2 bridgehead atoms. The van der Waals surface area contributed by atoms with Gasteiger partial charge in [-0.3, -0.25) is 0 Å². The Morgan fingerprint density at radius 2 is 1.46 bits per heavy atom. The molecule has 0 radical (unpaired) electrons. The average molecular weight is 364 g/mol. The molecule has 3 atom stereocenters. The molecule has 1 aliphatic heterocycles. The van der Waals surface area contributed by atoms with Crippen molar-refractivity contribution in [3.63, 3.8) is 0 Å². The van der Waals surface area contributed by atoms with Gasteiger partial charge in [-0.1, -0.05) is 69.3 Å². The van der Waals surface area contributed by atoms with Gasteiger partial charge in [0.25, 0.3) is 0 Å². The molecule has 2 aromatic rings. The monoisotopic (exact) mass is 364 g/mol. The maximum atomic E-state index is 6.98. The second-order valence-electron chi connectivity index (χ2n) is 9.32. The molecular formula is C24H29OP. The van der Waals surface area contributed by atoms with E-state index in [1.54, 1.807) is 0 Å². The highest BCUT2D eigenvalue weighted by Gasteiger charge is 2.62. The van der Waals surface area contributed by atoms with Crippen LogP contribution < -0.4 is 0 Å². The summed E-state index contributed by atoms with van der Waals surface area (Å²) < 4.78 is 6.98. The summed E-state index contributed by atoms with van der Waals surface area (Å²) in [6.45, 7) is 7.47. The van der Waals surface area contributed by atoms with Crippen molar-refractivity contribution < 1.29 is 4.52 Å². The predicted octanol–water partition coefficient (Wildman–Crippen LogP) is 7.00. The van der Waals surface area contributed by atoms with Crippen LogP contribution in [0.25, 0.3) is 11.1 Å². The van der Waals surface area contributed by atoms with Crippen LogP contribution in [0.4, 0.5) is 0 Å². The van der Waals surface area contributed by atoms with E-state index in [0.29, 0.717) is 16.9 Å². The largest absolute Gasteiger partial charge is 0.355 e. The minimum atomic E-state index is -0.468. The van der Waals surface area contributed by atoms with Gasteiger partial charge in [-0.25, -0.2) is 0 Å². The number of fused-ring (bicyclic) bond motifs is 5. The van der Waals surface area contributed by atoms with Crippen LogP contribution in [-0.2, 0) is 16.8 Å². The molecule has 2 aliphatic carbocycles. The predicted molar refractivity (Wildman–Crippen MR) is 110 cm³/mol. The Labute approximate surface area is 159 Å². The third kappa shape index (κ3) is 2.36. The van der Waals surface area contributed by atoms with Gasteiger partial charge in [0, 0.05) is 20.5 Å². The summed E-state index contributed by atoms with van der Waals surface area (Å²) in [5.74, 6) is 0.846. The van der Waals surface area contributed by atoms with Gasteiger partial charge in [0.15, 0.2) is 0 Å². The topological polar surface area (TPSA) is 9.23 Å². The summed E-state index contributed by atoms with van der Waals surface area (Å²) >= 11 is 0. The summed E-state index contributed by atoms with van der Waals surface area (Å²) in [4.78, 5) is 0. The normalized spacial score (nSPS) is 32.1. The molecule has 2 fully saturated rings. The van der Waals surface area contributed by atoms with Crippen molar-refractivity contribution in [2.24, 2.45) is 16.7 Å². The van der Waals surface area contributed by atoms with Crippen molar-refractivity contribution in [3.05, 3.63) is 59.7 Å². The first-order valence-corrected chi connectivity index (χ1v) is 11.7. The van der Waals surface area contributed by atoms with E-state index in [9.17, 15) is 0 Å². The highest BCUT2D eigenvalue weighted by atomic mass is 31.1. The van der Waals surface area contributed by atoms with Gasteiger partial charge in [-0.05, 0) is 58.3 Å². The Morgan fingerprint density at radius 3 is 1.96 bits per heavy atom. The van der Waals surface area contributed by atoms with Gasteiger partial charge in [-0.2, -0.15) is 0 Å². The Hall–Kier alpha value is -1.17. The van der Waals surface area contributed by atoms with E-state index in [0.717, 1.165) is 18.2 Å². The lowest BCUT2D eigenvalue weighted by atomic mass is 9.70. The molecule has 0 spiro atoms. The number of hydrogen-bond acceptors (Lipinski definition) is 1. The summed E-state index contributed by atoms with van der Waals surface area (Å²) in [6.07, 6.45) is 6.64. The first-order valence-electron chi connectivity index (χ1n) is 10.1. The summed E-state index contributed by atoms with van der Waals surface area (Å²) in [5, 5.41) is 0. The lowest BCUT2D eigenvalue weighted by Gasteiger charge is -2.40. The van der Waals surface area contributed by atoms with Gasteiger partial charge in [0.05, 0.1) is 6.10 Å². The molecular weight excluding hydrogens is 335 g/mol. The van der Waals surface area contributed by atoms with Crippen LogP contribution >= 0.6 is 8.15 Å². The molecule has 0 aromatic heterocycles. The van der Waals surface area contributed by atoms with Crippen molar-refractivity contribution in [1.29, 1.82) is 0 Å². The third-order valence-corrected chi connectivity index (χ3v) is 9.95. The molecule has 5 rings (SSSR count). The van der Waals surface area contributed by atoms with Crippen LogP contribution in [0, 0.1) is 16.7 Å². The fourth-order valence-electron chi connectivity index (χ4n) is 5.82. The number of rotatable bonds is 2. The molecule has 2 heteroatoms. The highest BCUT2D eigenvalue weighted by molar-refractivity contribution is 7.50. The van der Waals surface area contributed by atoms with E-state index >= 15 is 0 Å². The molecule has 26 heavy (non-hydrogen) atoms. The van der Waals surface area contributed by atoms with Crippen molar-refractivity contribution in [2.45, 2.75) is 58.5 Å². The molecule has 1 nitrogen and oxygen atoms in total. The van der Waals surface area contributed by atoms with E-state index in [1.165, 1.54) is 41.5 Å². The van der Waals surface area contributed by atoms with Crippen LogP contribution in [0.5, 0.6) is 0 Å². The SMILES string of the molecule is CC1(C)[C@H]2CC[C@]1(C)[C@H](OP1Cc3ccccc3-c3ccccc3C1)C2. The van der Waals surface area contributed by atoms with E-state index in [1.807, 2.05) is 0 Å². The van der Waals surface area contributed by atoms with E-state index in [-0.39, 0.29) is 0 Å². The maximum absolute atomic E-state index is 6.98. The molecule has 0 saturated heterocycles. The zero-order chi connectivity index (χ0) is 17.9. The van der Waals surface area contributed by atoms with E-state index in [4.69, 9.17) is 4.52 Å². The van der Waals surface area contributed by atoms with Gasteiger partial charge in [0.1, 0.15) is 0 Å². The van der Waals surface area contributed by atoms with Gasteiger partial charge >= 0.3 is 0 Å². The summed E-state index contributed by atoms with van der Waals surface area (Å²) in [5.41, 5.74) is 6.54. The van der Waals surface area contributed by atoms with Gasteiger partial charge in [0.2, 0.25) is 0 Å².